The van der Waals surface area contributed by atoms with Crippen LogP contribution < -0.4 is 0 Å². The van der Waals surface area contributed by atoms with Crippen molar-refractivity contribution in [1.29, 1.82) is 0 Å². The summed E-state index contributed by atoms with van der Waals surface area (Å²) in [6.45, 7) is 3.75. The maximum atomic E-state index is 3.75. The Balaban J connectivity index is 1.97. The fourth-order valence-corrected chi connectivity index (χ4v) is 2.34. The molecule has 1 heteroatoms. The van der Waals surface area contributed by atoms with Crippen molar-refractivity contribution >= 4 is 22.6 Å². The Morgan fingerprint density at radius 3 is 2.12 bits per heavy atom. The molecular weight excluding hydrogens is 319 g/mol. The van der Waals surface area contributed by atoms with Gasteiger partial charge in [0.15, 0.2) is 0 Å². The van der Waals surface area contributed by atoms with Crippen LogP contribution >= 0.6 is 22.6 Å². The van der Waals surface area contributed by atoms with Gasteiger partial charge in [0.1, 0.15) is 0 Å². The van der Waals surface area contributed by atoms with Gasteiger partial charge in [-0.05, 0) is 66.0 Å². The lowest BCUT2D eigenvalue weighted by molar-refractivity contribution is 0.597. The number of rotatable bonds is 9. The molecule has 0 N–H and O–H groups in total. The molecule has 0 atom stereocenters. The Morgan fingerprint density at radius 2 is 1.47 bits per heavy atom. The molecule has 1 aromatic carbocycles. The van der Waals surface area contributed by atoms with E-state index in [0.29, 0.717) is 0 Å². The smallest absolute Gasteiger partial charge is 0.0130 e. The van der Waals surface area contributed by atoms with Crippen molar-refractivity contribution in [1.82, 2.24) is 0 Å². The summed E-state index contributed by atoms with van der Waals surface area (Å²) in [7, 11) is 0. The number of unbranched alkanes of at least 4 members (excludes halogenated alkanes) is 6. The third kappa shape index (κ3) is 7.58. The van der Waals surface area contributed by atoms with Gasteiger partial charge in [0, 0.05) is 3.57 Å². The van der Waals surface area contributed by atoms with E-state index in [0.717, 1.165) is 0 Å². The molecule has 0 saturated heterocycles. The lowest BCUT2D eigenvalue weighted by atomic mass is 10.0. The summed E-state index contributed by atoms with van der Waals surface area (Å²) in [4.78, 5) is 0. The van der Waals surface area contributed by atoms with E-state index < -0.39 is 0 Å². The maximum Gasteiger partial charge on any atom is 0.0130 e. The molecule has 0 amide bonds. The molecule has 17 heavy (non-hydrogen) atoms. The fraction of sp³-hybridized carbons (Fsp3) is 0.500. The van der Waals surface area contributed by atoms with Crippen LogP contribution in [0.3, 0.4) is 0 Å². The molecule has 0 aliphatic heterocycles. The minimum absolute atomic E-state index is 1.18. The largest absolute Gasteiger partial charge is 0.103 e. The molecule has 0 radical (unpaired) electrons. The number of hydrogen-bond acceptors (Lipinski definition) is 0. The summed E-state index contributed by atoms with van der Waals surface area (Å²) in [5.74, 6) is 0. The first kappa shape index (κ1) is 14.7. The van der Waals surface area contributed by atoms with Crippen molar-refractivity contribution in [3.63, 3.8) is 0 Å². The SMILES string of the molecule is C=CCCCCCCCCc1ccc(I)cc1. The van der Waals surface area contributed by atoms with E-state index in [2.05, 4.69) is 53.4 Å². The highest BCUT2D eigenvalue weighted by molar-refractivity contribution is 14.1. The van der Waals surface area contributed by atoms with E-state index in [1.165, 1.54) is 60.5 Å². The Kier molecular flexibility index (Phi) is 8.41. The first-order valence-corrected chi connectivity index (χ1v) is 7.76. The predicted molar refractivity (Wildman–Crippen MR) is 85.4 cm³/mol. The Morgan fingerprint density at radius 1 is 0.882 bits per heavy atom. The van der Waals surface area contributed by atoms with Crippen molar-refractivity contribution in [3.8, 4) is 0 Å². The van der Waals surface area contributed by atoms with Gasteiger partial charge >= 0.3 is 0 Å². The first-order valence-electron chi connectivity index (χ1n) is 6.68. The second-order valence-corrected chi connectivity index (χ2v) is 5.82. The van der Waals surface area contributed by atoms with Crippen LogP contribution in [-0.4, -0.2) is 0 Å². The third-order valence-corrected chi connectivity index (χ3v) is 3.76. The average molecular weight is 342 g/mol. The molecule has 0 aliphatic carbocycles. The van der Waals surface area contributed by atoms with Crippen LogP contribution in [0.15, 0.2) is 36.9 Å². The number of halogens is 1. The third-order valence-electron chi connectivity index (χ3n) is 3.04. The van der Waals surface area contributed by atoms with Crippen molar-refractivity contribution in [2.75, 3.05) is 0 Å². The maximum absolute atomic E-state index is 3.75. The number of hydrogen-bond donors (Lipinski definition) is 0. The molecule has 0 saturated carbocycles. The topological polar surface area (TPSA) is 0 Å². The second-order valence-electron chi connectivity index (χ2n) is 4.58. The van der Waals surface area contributed by atoms with E-state index in [1.54, 1.807) is 0 Å². The number of benzene rings is 1. The molecule has 0 unspecified atom stereocenters. The van der Waals surface area contributed by atoms with Gasteiger partial charge in [-0.3, -0.25) is 0 Å². The predicted octanol–water partition coefficient (Wildman–Crippen LogP) is 5.75. The van der Waals surface area contributed by atoms with Crippen molar-refractivity contribution in [3.05, 3.63) is 46.1 Å². The van der Waals surface area contributed by atoms with Gasteiger partial charge < -0.3 is 0 Å². The molecule has 0 fully saturated rings. The van der Waals surface area contributed by atoms with Gasteiger partial charge in [0.05, 0.1) is 0 Å². The van der Waals surface area contributed by atoms with Gasteiger partial charge in [-0.15, -0.1) is 6.58 Å². The Hall–Kier alpha value is -0.310. The highest BCUT2D eigenvalue weighted by Crippen LogP contribution is 2.12. The summed E-state index contributed by atoms with van der Waals surface area (Å²) in [6.07, 6.45) is 12.6. The molecular formula is C16H23I. The minimum Gasteiger partial charge on any atom is -0.103 e. The first-order chi connectivity index (χ1) is 8.33. The normalized spacial score (nSPS) is 10.4. The van der Waals surface area contributed by atoms with E-state index in [4.69, 9.17) is 0 Å². The van der Waals surface area contributed by atoms with Crippen LogP contribution in [0.5, 0.6) is 0 Å². The second kappa shape index (κ2) is 9.69. The van der Waals surface area contributed by atoms with Crippen LogP contribution in [0, 0.1) is 3.57 Å². The molecule has 0 aliphatic rings. The van der Waals surface area contributed by atoms with Crippen LogP contribution in [0.2, 0.25) is 0 Å². The van der Waals surface area contributed by atoms with E-state index in [-0.39, 0.29) is 0 Å². The summed E-state index contributed by atoms with van der Waals surface area (Å²) in [5.41, 5.74) is 1.48. The van der Waals surface area contributed by atoms with E-state index >= 15 is 0 Å². The van der Waals surface area contributed by atoms with Gasteiger partial charge in [-0.25, -0.2) is 0 Å². The molecule has 0 nitrogen and oxygen atoms in total. The molecule has 1 aromatic rings. The molecule has 0 heterocycles. The number of allylic oxidation sites excluding steroid dienone is 1. The Labute approximate surface area is 120 Å². The number of aryl methyl sites for hydroxylation is 1. The van der Waals surface area contributed by atoms with Crippen molar-refractivity contribution in [2.45, 2.75) is 51.4 Å². The van der Waals surface area contributed by atoms with Crippen LogP contribution in [0.1, 0.15) is 50.5 Å². The van der Waals surface area contributed by atoms with Crippen LogP contribution in [0.25, 0.3) is 0 Å². The minimum atomic E-state index is 1.18. The molecule has 0 aromatic heterocycles. The van der Waals surface area contributed by atoms with Gasteiger partial charge in [0.2, 0.25) is 0 Å². The average Bonchev–Trinajstić information content (AvgIpc) is 2.35. The quantitative estimate of drug-likeness (QED) is 0.304. The van der Waals surface area contributed by atoms with E-state index in [9.17, 15) is 0 Å². The fourth-order valence-electron chi connectivity index (χ4n) is 1.98. The lowest BCUT2D eigenvalue weighted by Gasteiger charge is -2.02. The van der Waals surface area contributed by atoms with E-state index in [1.807, 2.05) is 6.08 Å². The molecule has 0 spiro atoms. The van der Waals surface area contributed by atoms with Crippen molar-refractivity contribution in [2.24, 2.45) is 0 Å². The van der Waals surface area contributed by atoms with Gasteiger partial charge in [0.25, 0.3) is 0 Å². The van der Waals surface area contributed by atoms with Gasteiger partial charge in [-0.1, -0.05) is 43.9 Å². The molecule has 1 rings (SSSR count). The molecule has 94 valence electrons. The monoisotopic (exact) mass is 342 g/mol. The zero-order valence-electron chi connectivity index (χ0n) is 10.6. The summed E-state index contributed by atoms with van der Waals surface area (Å²) >= 11 is 2.36. The lowest BCUT2D eigenvalue weighted by Crippen LogP contribution is -1.86. The van der Waals surface area contributed by atoms with Crippen LogP contribution in [-0.2, 0) is 6.42 Å². The molecule has 0 bridgehead atoms. The summed E-state index contributed by atoms with van der Waals surface area (Å²) in [6, 6.07) is 8.91. The highest BCUT2D eigenvalue weighted by atomic mass is 127. The highest BCUT2D eigenvalue weighted by Gasteiger charge is 1.94. The van der Waals surface area contributed by atoms with Gasteiger partial charge in [-0.2, -0.15) is 0 Å². The van der Waals surface area contributed by atoms with Crippen LogP contribution in [0.4, 0.5) is 0 Å². The summed E-state index contributed by atoms with van der Waals surface area (Å²) < 4.78 is 1.33. The van der Waals surface area contributed by atoms with Crippen molar-refractivity contribution < 1.29 is 0 Å². The Bertz CT molecular complexity index is 300. The standard InChI is InChI=1S/C16H23I/c1-2-3-4-5-6-7-8-9-10-15-11-13-16(17)14-12-15/h2,11-14H,1,3-10H2. The zero-order valence-corrected chi connectivity index (χ0v) is 12.8. The summed E-state index contributed by atoms with van der Waals surface area (Å²) in [5, 5.41) is 0. The zero-order chi connectivity index (χ0) is 12.3.